The van der Waals surface area contributed by atoms with Crippen molar-refractivity contribution in [3.8, 4) is 0 Å². The van der Waals surface area contributed by atoms with Crippen LogP contribution in [0.3, 0.4) is 0 Å². The molecule has 0 N–H and O–H groups in total. The highest BCUT2D eigenvalue weighted by atomic mass is 16.5. The molecule has 2 fully saturated rings. The van der Waals surface area contributed by atoms with E-state index in [0.717, 1.165) is 12.8 Å². The molecule has 2 aliphatic heterocycles. The normalized spacial score (nSPS) is 24.7. The van der Waals surface area contributed by atoms with Gasteiger partial charge >= 0.3 is 0 Å². The molecule has 0 aromatic carbocycles. The minimum Gasteiger partial charge on any atom is -0.368 e. The molecule has 0 aromatic rings. The Morgan fingerprint density at radius 2 is 1.72 bits per heavy atom. The summed E-state index contributed by atoms with van der Waals surface area (Å²) in [5, 5.41) is 0. The lowest BCUT2D eigenvalue weighted by atomic mass is 10.1. The molecule has 0 aliphatic carbocycles. The van der Waals surface area contributed by atoms with E-state index in [9.17, 15) is 9.59 Å². The third kappa shape index (κ3) is 2.83. The molecular formula is C13H22N2O3. The Labute approximate surface area is 108 Å². The van der Waals surface area contributed by atoms with E-state index < -0.39 is 0 Å². The van der Waals surface area contributed by atoms with Crippen molar-refractivity contribution < 1.29 is 14.3 Å². The van der Waals surface area contributed by atoms with E-state index in [4.69, 9.17) is 4.74 Å². The zero-order valence-corrected chi connectivity index (χ0v) is 11.2. The standard InChI is InChI=1S/C13H22N2O3/c1-10(2)12(16)14-5-7-15(8-6-14)13(17)11-4-3-9-18-11/h10-11H,3-9H2,1-2H3. The first kappa shape index (κ1) is 13.3. The Bertz CT molecular complexity index is 316. The zero-order valence-electron chi connectivity index (χ0n) is 11.2. The predicted molar refractivity (Wildman–Crippen MR) is 67.0 cm³/mol. The van der Waals surface area contributed by atoms with Gasteiger partial charge in [-0.2, -0.15) is 0 Å². The molecule has 102 valence electrons. The Morgan fingerprint density at radius 1 is 1.11 bits per heavy atom. The summed E-state index contributed by atoms with van der Waals surface area (Å²) >= 11 is 0. The van der Waals surface area contributed by atoms with Gasteiger partial charge < -0.3 is 14.5 Å². The van der Waals surface area contributed by atoms with Crippen LogP contribution in [0.25, 0.3) is 0 Å². The molecule has 0 spiro atoms. The van der Waals surface area contributed by atoms with Crippen molar-refractivity contribution >= 4 is 11.8 Å². The molecule has 2 rings (SSSR count). The highest BCUT2D eigenvalue weighted by Crippen LogP contribution is 2.16. The molecule has 5 nitrogen and oxygen atoms in total. The van der Waals surface area contributed by atoms with Crippen molar-refractivity contribution in [2.45, 2.75) is 32.8 Å². The van der Waals surface area contributed by atoms with Crippen LogP contribution in [0.15, 0.2) is 0 Å². The second kappa shape index (κ2) is 5.69. The smallest absolute Gasteiger partial charge is 0.251 e. The maximum Gasteiger partial charge on any atom is 0.251 e. The fourth-order valence-corrected chi connectivity index (χ4v) is 2.49. The molecule has 0 saturated carbocycles. The van der Waals surface area contributed by atoms with Gasteiger partial charge in [0.1, 0.15) is 6.10 Å². The van der Waals surface area contributed by atoms with Gasteiger partial charge in [-0.1, -0.05) is 13.8 Å². The Morgan fingerprint density at radius 3 is 2.22 bits per heavy atom. The highest BCUT2D eigenvalue weighted by Gasteiger charge is 2.31. The van der Waals surface area contributed by atoms with Gasteiger partial charge in [-0.15, -0.1) is 0 Å². The number of carbonyl (C=O) groups excluding carboxylic acids is 2. The van der Waals surface area contributed by atoms with Crippen LogP contribution in [0.1, 0.15) is 26.7 Å². The summed E-state index contributed by atoms with van der Waals surface area (Å²) in [7, 11) is 0. The van der Waals surface area contributed by atoms with Crippen molar-refractivity contribution in [2.24, 2.45) is 5.92 Å². The van der Waals surface area contributed by atoms with Crippen LogP contribution in [0, 0.1) is 5.92 Å². The van der Waals surface area contributed by atoms with Crippen LogP contribution in [0.5, 0.6) is 0 Å². The molecule has 2 amide bonds. The first-order valence-corrected chi connectivity index (χ1v) is 6.79. The van der Waals surface area contributed by atoms with Gasteiger partial charge in [0, 0.05) is 38.7 Å². The van der Waals surface area contributed by atoms with E-state index >= 15 is 0 Å². The van der Waals surface area contributed by atoms with Crippen molar-refractivity contribution in [1.82, 2.24) is 9.80 Å². The monoisotopic (exact) mass is 254 g/mol. The van der Waals surface area contributed by atoms with E-state index in [1.807, 2.05) is 23.6 Å². The topological polar surface area (TPSA) is 49.9 Å². The fourth-order valence-electron chi connectivity index (χ4n) is 2.49. The maximum absolute atomic E-state index is 12.1. The van der Waals surface area contributed by atoms with Crippen LogP contribution >= 0.6 is 0 Å². The number of amides is 2. The van der Waals surface area contributed by atoms with Gasteiger partial charge in [0.2, 0.25) is 5.91 Å². The van der Waals surface area contributed by atoms with Crippen molar-refractivity contribution in [2.75, 3.05) is 32.8 Å². The molecule has 2 saturated heterocycles. The average molecular weight is 254 g/mol. The largest absolute Gasteiger partial charge is 0.368 e. The minimum atomic E-state index is -0.239. The molecule has 2 heterocycles. The summed E-state index contributed by atoms with van der Waals surface area (Å²) in [6, 6.07) is 0. The van der Waals surface area contributed by atoms with E-state index in [0.29, 0.717) is 32.8 Å². The molecular weight excluding hydrogens is 232 g/mol. The molecule has 18 heavy (non-hydrogen) atoms. The molecule has 1 unspecified atom stereocenters. The summed E-state index contributed by atoms with van der Waals surface area (Å²) in [5.41, 5.74) is 0. The molecule has 0 radical (unpaired) electrons. The minimum absolute atomic E-state index is 0.0328. The van der Waals surface area contributed by atoms with Crippen LogP contribution in [0.2, 0.25) is 0 Å². The van der Waals surface area contributed by atoms with Crippen molar-refractivity contribution in [3.63, 3.8) is 0 Å². The van der Waals surface area contributed by atoms with Gasteiger partial charge in [0.15, 0.2) is 0 Å². The predicted octanol–water partition coefficient (Wildman–Crippen LogP) is 0.492. The van der Waals surface area contributed by atoms with Gasteiger partial charge in [-0.3, -0.25) is 9.59 Å². The lowest BCUT2D eigenvalue weighted by Gasteiger charge is -2.36. The molecule has 5 heteroatoms. The van der Waals surface area contributed by atoms with Crippen molar-refractivity contribution in [1.29, 1.82) is 0 Å². The SMILES string of the molecule is CC(C)C(=O)N1CCN(C(=O)C2CCCO2)CC1. The van der Waals surface area contributed by atoms with Gasteiger partial charge in [-0.25, -0.2) is 0 Å². The Hall–Kier alpha value is -1.10. The fraction of sp³-hybridized carbons (Fsp3) is 0.846. The summed E-state index contributed by atoms with van der Waals surface area (Å²) in [6.07, 6.45) is 1.57. The van der Waals surface area contributed by atoms with E-state index in [1.54, 1.807) is 0 Å². The summed E-state index contributed by atoms with van der Waals surface area (Å²) in [5.74, 6) is 0.314. The van der Waals surface area contributed by atoms with Gasteiger partial charge in [0.05, 0.1) is 0 Å². The Kier molecular flexibility index (Phi) is 4.22. The number of hydrogen-bond acceptors (Lipinski definition) is 3. The quantitative estimate of drug-likeness (QED) is 0.720. The van der Waals surface area contributed by atoms with E-state index in [1.165, 1.54) is 0 Å². The van der Waals surface area contributed by atoms with Crippen LogP contribution in [0.4, 0.5) is 0 Å². The second-order valence-corrected chi connectivity index (χ2v) is 5.31. The van der Waals surface area contributed by atoms with Crippen LogP contribution in [-0.4, -0.2) is 60.5 Å². The highest BCUT2D eigenvalue weighted by molar-refractivity contribution is 5.82. The van der Waals surface area contributed by atoms with Gasteiger partial charge in [-0.05, 0) is 12.8 Å². The molecule has 2 aliphatic rings. The number of rotatable bonds is 2. The summed E-state index contributed by atoms with van der Waals surface area (Å²) in [6.45, 7) is 7.08. The first-order chi connectivity index (χ1) is 8.59. The lowest BCUT2D eigenvalue weighted by Crippen LogP contribution is -2.53. The maximum atomic E-state index is 12.1. The third-order valence-electron chi connectivity index (χ3n) is 3.60. The van der Waals surface area contributed by atoms with E-state index in [2.05, 4.69) is 0 Å². The number of ether oxygens (including phenoxy) is 1. The third-order valence-corrected chi connectivity index (χ3v) is 3.60. The van der Waals surface area contributed by atoms with E-state index in [-0.39, 0.29) is 23.8 Å². The summed E-state index contributed by atoms with van der Waals surface area (Å²) < 4.78 is 5.41. The first-order valence-electron chi connectivity index (χ1n) is 6.79. The molecule has 1 atom stereocenters. The number of piperazine rings is 1. The molecule has 0 bridgehead atoms. The molecule has 0 aromatic heterocycles. The van der Waals surface area contributed by atoms with Crippen molar-refractivity contribution in [3.05, 3.63) is 0 Å². The zero-order chi connectivity index (χ0) is 13.1. The lowest BCUT2D eigenvalue weighted by molar-refractivity contribution is -0.146. The number of hydrogen-bond donors (Lipinski definition) is 0. The number of carbonyl (C=O) groups is 2. The van der Waals surface area contributed by atoms with Gasteiger partial charge in [0.25, 0.3) is 5.91 Å². The average Bonchev–Trinajstić information content (AvgIpc) is 2.91. The van der Waals surface area contributed by atoms with Crippen LogP contribution in [-0.2, 0) is 14.3 Å². The van der Waals surface area contributed by atoms with Crippen LogP contribution < -0.4 is 0 Å². The number of nitrogens with zero attached hydrogens (tertiary/aromatic N) is 2. The summed E-state index contributed by atoms with van der Waals surface area (Å²) in [4.78, 5) is 27.6. The second-order valence-electron chi connectivity index (χ2n) is 5.31. The Balaban J connectivity index is 1.82.